The first-order valence-electron chi connectivity index (χ1n) is 7.34. The minimum atomic E-state index is -1.36. The summed E-state index contributed by atoms with van der Waals surface area (Å²) in [6.07, 6.45) is 0.212. The van der Waals surface area contributed by atoms with Crippen LogP contribution in [0.2, 0.25) is 0 Å². The van der Waals surface area contributed by atoms with E-state index in [4.69, 9.17) is 4.52 Å². The Bertz CT molecular complexity index is 704. The average molecular weight is 349 g/mol. The smallest absolute Gasteiger partial charge is 0.329 e. The molecule has 8 heteroatoms. The van der Waals surface area contributed by atoms with Gasteiger partial charge in [-0.25, -0.2) is 4.79 Å². The van der Waals surface area contributed by atoms with Crippen molar-refractivity contribution in [3.8, 4) is 0 Å². The number of nitrogens with one attached hydrogen (secondary N) is 1. The highest BCUT2D eigenvalue weighted by Gasteiger charge is 2.34. The number of aryl methyl sites for hydroxylation is 1. The van der Waals surface area contributed by atoms with Crippen molar-refractivity contribution < 1.29 is 19.2 Å². The number of benzene rings is 1. The topological polar surface area (TPSA) is 105 Å². The van der Waals surface area contributed by atoms with Gasteiger partial charge in [-0.2, -0.15) is 4.98 Å². The lowest BCUT2D eigenvalue weighted by atomic mass is 9.93. The maximum Gasteiger partial charge on any atom is 0.329 e. The third-order valence-corrected chi connectivity index (χ3v) is 4.25. The van der Waals surface area contributed by atoms with Gasteiger partial charge in [0.15, 0.2) is 5.82 Å². The molecule has 0 aliphatic carbocycles. The number of hydrogen-bond donors (Lipinski definition) is 2. The van der Waals surface area contributed by atoms with E-state index in [1.807, 2.05) is 30.3 Å². The van der Waals surface area contributed by atoms with E-state index >= 15 is 0 Å². The van der Waals surface area contributed by atoms with Crippen molar-refractivity contribution in [1.82, 2.24) is 15.5 Å². The average Bonchev–Trinajstić information content (AvgIpc) is 2.93. The van der Waals surface area contributed by atoms with Crippen molar-refractivity contribution in [2.24, 2.45) is 0 Å². The van der Waals surface area contributed by atoms with Crippen molar-refractivity contribution >= 4 is 23.6 Å². The van der Waals surface area contributed by atoms with E-state index in [0.717, 1.165) is 5.56 Å². The van der Waals surface area contributed by atoms with Crippen LogP contribution in [-0.4, -0.2) is 38.4 Å². The Kier molecular flexibility index (Phi) is 5.97. The predicted octanol–water partition coefficient (Wildman–Crippen LogP) is 1.81. The zero-order valence-electron chi connectivity index (χ0n) is 13.5. The van der Waals surface area contributed by atoms with Crippen LogP contribution in [0.3, 0.4) is 0 Å². The highest BCUT2D eigenvalue weighted by atomic mass is 32.2. The molecule has 0 radical (unpaired) electrons. The van der Waals surface area contributed by atoms with Crippen LogP contribution in [0.5, 0.6) is 0 Å². The highest BCUT2D eigenvalue weighted by Crippen LogP contribution is 2.15. The lowest BCUT2D eigenvalue weighted by Gasteiger charge is -2.26. The summed E-state index contributed by atoms with van der Waals surface area (Å²) < 4.78 is 4.85. The molecule has 0 aliphatic heterocycles. The van der Waals surface area contributed by atoms with Crippen LogP contribution < -0.4 is 5.32 Å². The molecule has 0 fully saturated rings. The molecule has 0 aliphatic rings. The maximum absolute atomic E-state index is 12.1. The van der Waals surface area contributed by atoms with Crippen molar-refractivity contribution in [3.05, 3.63) is 47.6 Å². The number of hydrogen-bond acceptors (Lipinski definition) is 6. The van der Waals surface area contributed by atoms with Gasteiger partial charge >= 0.3 is 5.97 Å². The molecule has 2 aromatic rings. The van der Waals surface area contributed by atoms with Crippen LogP contribution in [0, 0.1) is 6.92 Å². The van der Waals surface area contributed by atoms with E-state index in [0.29, 0.717) is 17.5 Å². The summed E-state index contributed by atoms with van der Waals surface area (Å²) >= 11 is 1.30. The Hall–Kier alpha value is -2.35. The number of nitrogens with zero attached hydrogens (tertiary/aromatic N) is 2. The van der Waals surface area contributed by atoms with E-state index in [-0.39, 0.29) is 18.1 Å². The summed E-state index contributed by atoms with van der Waals surface area (Å²) in [4.78, 5) is 27.7. The second-order valence-electron chi connectivity index (χ2n) is 5.57. The number of carbonyl (C=O) groups excluding carboxylic acids is 1. The van der Waals surface area contributed by atoms with Crippen LogP contribution in [-0.2, 0) is 21.8 Å². The quantitative estimate of drug-likeness (QED) is 0.749. The molecule has 0 saturated carbocycles. The molecular weight excluding hydrogens is 330 g/mol. The number of aromatic nitrogens is 2. The second kappa shape index (κ2) is 7.96. The van der Waals surface area contributed by atoms with Gasteiger partial charge in [-0.15, -0.1) is 11.8 Å². The summed E-state index contributed by atoms with van der Waals surface area (Å²) in [6.45, 7) is 3.20. The number of rotatable bonds is 8. The minimum Gasteiger partial charge on any atom is -0.480 e. The molecule has 0 saturated heterocycles. The fourth-order valence-electron chi connectivity index (χ4n) is 2.16. The van der Waals surface area contributed by atoms with Gasteiger partial charge in [-0.3, -0.25) is 4.79 Å². The van der Waals surface area contributed by atoms with Crippen LogP contribution in [0.15, 0.2) is 34.9 Å². The molecule has 128 valence electrons. The molecule has 2 rings (SSSR count). The van der Waals surface area contributed by atoms with Gasteiger partial charge in [0.25, 0.3) is 0 Å². The number of aliphatic carboxylic acids is 1. The molecule has 7 nitrogen and oxygen atoms in total. The van der Waals surface area contributed by atoms with Gasteiger partial charge < -0.3 is 14.9 Å². The highest BCUT2D eigenvalue weighted by molar-refractivity contribution is 7.99. The normalized spacial score (nSPS) is 13.2. The summed E-state index contributed by atoms with van der Waals surface area (Å²) in [5, 5.41) is 15.8. The van der Waals surface area contributed by atoms with Crippen molar-refractivity contribution in [3.63, 3.8) is 0 Å². The van der Waals surface area contributed by atoms with E-state index in [9.17, 15) is 14.7 Å². The third kappa shape index (κ3) is 5.09. The molecule has 24 heavy (non-hydrogen) atoms. The monoisotopic (exact) mass is 349 g/mol. The molecule has 0 bridgehead atoms. The Morgan fingerprint density at radius 1 is 1.33 bits per heavy atom. The molecule has 1 aromatic heterocycles. The number of carboxylic acids is 1. The Balaban J connectivity index is 1.89. The minimum absolute atomic E-state index is 0.116. The molecule has 2 N–H and O–H groups in total. The fraction of sp³-hybridized carbons (Fsp3) is 0.375. The molecule has 0 unspecified atom stereocenters. The Labute approximate surface area is 143 Å². The van der Waals surface area contributed by atoms with Gasteiger partial charge in [0, 0.05) is 13.3 Å². The zero-order chi connectivity index (χ0) is 17.6. The van der Waals surface area contributed by atoms with Crippen molar-refractivity contribution in [1.29, 1.82) is 0 Å². The molecule has 0 spiro atoms. The van der Waals surface area contributed by atoms with E-state index in [1.54, 1.807) is 6.92 Å². The molecular formula is C16H19N3O4S. The summed E-state index contributed by atoms with van der Waals surface area (Å²) in [5.74, 6) is 0.102. The third-order valence-electron chi connectivity index (χ3n) is 3.32. The van der Waals surface area contributed by atoms with Crippen LogP contribution in [0.4, 0.5) is 0 Å². The zero-order valence-corrected chi connectivity index (χ0v) is 14.3. The standard InChI is InChI=1S/C16H19N3O4S/c1-11-17-13(19-23-11)9-24-10-14(20)18-16(2,15(21)22)8-12-6-4-3-5-7-12/h3-7H,8-10H2,1-2H3,(H,18,20)(H,21,22)/t16-/m1/s1. The Morgan fingerprint density at radius 2 is 2.04 bits per heavy atom. The van der Waals surface area contributed by atoms with Crippen LogP contribution in [0.1, 0.15) is 24.2 Å². The number of carboxylic acid groups (broad SMARTS) is 1. The van der Waals surface area contributed by atoms with Crippen LogP contribution >= 0.6 is 11.8 Å². The van der Waals surface area contributed by atoms with Gasteiger partial charge in [-0.05, 0) is 12.5 Å². The molecule has 1 heterocycles. The van der Waals surface area contributed by atoms with E-state index in [1.165, 1.54) is 18.7 Å². The van der Waals surface area contributed by atoms with Gasteiger partial charge in [0.05, 0.1) is 11.5 Å². The number of carbonyl (C=O) groups is 2. The molecule has 1 amide bonds. The first-order valence-corrected chi connectivity index (χ1v) is 8.50. The lowest BCUT2D eigenvalue weighted by Crippen LogP contribution is -2.54. The van der Waals surface area contributed by atoms with E-state index in [2.05, 4.69) is 15.5 Å². The molecule has 1 aromatic carbocycles. The number of amides is 1. The lowest BCUT2D eigenvalue weighted by molar-refractivity contribution is -0.146. The molecule has 1 atom stereocenters. The first-order chi connectivity index (χ1) is 11.4. The SMILES string of the molecule is Cc1nc(CSCC(=O)N[C@](C)(Cc2ccccc2)C(=O)O)no1. The fourth-order valence-corrected chi connectivity index (χ4v) is 2.82. The maximum atomic E-state index is 12.1. The summed E-state index contributed by atoms with van der Waals surface area (Å²) in [6, 6.07) is 9.20. The van der Waals surface area contributed by atoms with Gasteiger partial charge in [-0.1, -0.05) is 35.5 Å². The van der Waals surface area contributed by atoms with Gasteiger partial charge in [0.2, 0.25) is 11.8 Å². The second-order valence-corrected chi connectivity index (χ2v) is 6.56. The van der Waals surface area contributed by atoms with Crippen molar-refractivity contribution in [2.75, 3.05) is 5.75 Å². The first kappa shape index (κ1) is 18.0. The van der Waals surface area contributed by atoms with Crippen molar-refractivity contribution in [2.45, 2.75) is 31.6 Å². The van der Waals surface area contributed by atoms with E-state index < -0.39 is 11.5 Å². The number of thioether (sulfide) groups is 1. The Morgan fingerprint density at radius 3 is 2.62 bits per heavy atom. The summed E-state index contributed by atoms with van der Waals surface area (Å²) in [5.41, 5.74) is -0.514. The predicted molar refractivity (Wildman–Crippen MR) is 89.5 cm³/mol. The van der Waals surface area contributed by atoms with Crippen LogP contribution in [0.25, 0.3) is 0 Å². The van der Waals surface area contributed by atoms with Gasteiger partial charge in [0.1, 0.15) is 5.54 Å². The largest absolute Gasteiger partial charge is 0.480 e. The summed E-state index contributed by atoms with van der Waals surface area (Å²) in [7, 11) is 0.